The van der Waals surface area contributed by atoms with Gasteiger partial charge in [-0.25, -0.2) is 9.67 Å². The Morgan fingerprint density at radius 1 is 1.19 bits per heavy atom. The summed E-state index contributed by atoms with van der Waals surface area (Å²) in [5.41, 5.74) is 0.114. The number of aromatic nitrogens is 3. The first-order chi connectivity index (χ1) is 13.1. The minimum absolute atomic E-state index is 0.278. The topological polar surface area (TPSA) is 100 Å². The van der Waals surface area contributed by atoms with Crippen LogP contribution in [0.3, 0.4) is 0 Å². The molecule has 1 amide bonds. The molecule has 1 fully saturated rings. The summed E-state index contributed by atoms with van der Waals surface area (Å²) in [4.78, 5) is 43.6. The van der Waals surface area contributed by atoms with Crippen molar-refractivity contribution in [3.05, 3.63) is 56.0 Å². The molecule has 4 rings (SSSR count). The molecule has 3 heterocycles. The molecule has 140 valence electrons. The summed E-state index contributed by atoms with van der Waals surface area (Å²) in [6.45, 7) is 2.67. The van der Waals surface area contributed by atoms with Gasteiger partial charge in [0.2, 0.25) is 5.91 Å². The van der Waals surface area contributed by atoms with E-state index in [2.05, 4.69) is 20.3 Å². The Hall–Kier alpha value is -2.78. The van der Waals surface area contributed by atoms with E-state index in [0.717, 1.165) is 30.0 Å². The fourth-order valence-electron chi connectivity index (χ4n) is 3.27. The Bertz CT molecular complexity index is 1090. The lowest BCUT2D eigenvalue weighted by molar-refractivity contribution is -0.117. The molecule has 0 atom stereocenters. The Morgan fingerprint density at radius 2 is 1.93 bits per heavy atom. The molecule has 1 aliphatic rings. The van der Waals surface area contributed by atoms with E-state index in [1.54, 1.807) is 24.3 Å². The lowest BCUT2D eigenvalue weighted by atomic mass is 10.2. The van der Waals surface area contributed by atoms with Crippen molar-refractivity contribution in [3.63, 3.8) is 0 Å². The van der Waals surface area contributed by atoms with Crippen LogP contribution < -0.4 is 16.4 Å². The molecule has 27 heavy (non-hydrogen) atoms. The molecule has 0 spiro atoms. The van der Waals surface area contributed by atoms with Crippen molar-refractivity contribution in [2.24, 2.45) is 0 Å². The summed E-state index contributed by atoms with van der Waals surface area (Å²) in [6.07, 6.45) is 2.43. The van der Waals surface area contributed by atoms with Crippen LogP contribution in [0.15, 0.2) is 39.2 Å². The van der Waals surface area contributed by atoms with Crippen LogP contribution in [-0.2, 0) is 17.9 Å². The van der Waals surface area contributed by atoms with Crippen LogP contribution in [0.1, 0.15) is 18.5 Å². The predicted molar refractivity (Wildman–Crippen MR) is 104 cm³/mol. The first-order valence-electron chi connectivity index (χ1n) is 8.78. The number of fused-ring (bicyclic) bond motifs is 1. The molecule has 2 N–H and O–H groups in total. The standard InChI is InChI=1S/C18H19N5O3S/c24-15(20-18-19-12(11-27-18)9-22-7-3-4-8-22)10-23-17(26)14-6-2-1-5-13(14)16(25)21-23/h1-2,5-6,11H,3-4,7-10H2,(H,21,25)(H,19,20,24). The molecule has 1 aromatic carbocycles. The molecular weight excluding hydrogens is 366 g/mol. The van der Waals surface area contributed by atoms with Crippen LogP contribution in [0, 0.1) is 0 Å². The van der Waals surface area contributed by atoms with E-state index >= 15 is 0 Å². The molecule has 0 saturated carbocycles. The van der Waals surface area contributed by atoms with Crippen molar-refractivity contribution >= 4 is 33.1 Å². The number of aromatic amines is 1. The maximum Gasteiger partial charge on any atom is 0.273 e. The van der Waals surface area contributed by atoms with E-state index in [1.807, 2.05) is 5.38 Å². The van der Waals surface area contributed by atoms with Gasteiger partial charge in [0.15, 0.2) is 5.13 Å². The van der Waals surface area contributed by atoms with Crippen LogP contribution in [0.25, 0.3) is 10.8 Å². The summed E-state index contributed by atoms with van der Waals surface area (Å²) in [5, 5.41) is 8.17. The summed E-state index contributed by atoms with van der Waals surface area (Å²) in [6, 6.07) is 6.53. The minimum Gasteiger partial charge on any atom is -0.300 e. The lowest BCUT2D eigenvalue weighted by Gasteiger charge is -2.11. The van der Waals surface area contributed by atoms with Gasteiger partial charge in [-0.05, 0) is 38.1 Å². The zero-order valence-corrected chi connectivity index (χ0v) is 15.4. The molecule has 0 aliphatic carbocycles. The van der Waals surface area contributed by atoms with Gasteiger partial charge in [-0.1, -0.05) is 12.1 Å². The number of carbonyl (C=O) groups excluding carboxylic acids is 1. The van der Waals surface area contributed by atoms with Gasteiger partial charge in [-0.3, -0.25) is 24.4 Å². The zero-order chi connectivity index (χ0) is 18.8. The first kappa shape index (κ1) is 17.6. The summed E-state index contributed by atoms with van der Waals surface area (Å²) < 4.78 is 1.03. The van der Waals surface area contributed by atoms with E-state index in [-0.39, 0.29) is 11.9 Å². The maximum atomic E-state index is 12.5. The molecule has 0 bridgehead atoms. The highest BCUT2D eigenvalue weighted by molar-refractivity contribution is 7.13. The molecule has 8 nitrogen and oxygen atoms in total. The Kier molecular flexibility index (Phi) is 4.87. The van der Waals surface area contributed by atoms with Gasteiger partial charge >= 0.3 is 0 Å². The number of likely N-dealkylation sites (tertiary alicyclic amines) is 1. The zero-order valence-electron chi connectivity index (χ0n) is 14.6. The highest BCUT2D eigenvalue weighted by Gasteiger charge is 2.15. The molecular formula is C18H19N5O3S. The number of H-pyrrole nitrogens is 1. The highest BCUT2D eigenvalue weighted by atomic mass is 32.1. The monoisotopic (exact) mass is 385 g/mol. The van der Waals surface area contributed by atoms with E-state index < -0.39 is 17.0 Å². The van der Waals surface area contributed by atoms with Gasteiger partial charge in [0.05, 0.1) is 16.5 Å². The van der Waals surface area contributed by atoms with Crippen LogP contribution in [0.5, 0.6) is 0 Å². The Morgan fingerprint density at radius 3 is 2.70 bits per heavy atom. The third kappa shape index (κ3) is 3.83. The van der Waals surface area contributed by atoms with Crippen molar-refractivity contribution < 1.29 is 4.79 Å². The van der Waals surface area contributed by atoms with E-state index in [1.165, 1.54) is 24.2 Å². The van der Waals surface area contributed by atoms with Gasteiger partial charge in [-0.2, -0.15) is 0 Å². The number of carbonyl (C=O) groups is 1. The quantitative estimate of drug-likeness (QED) is 0.691. The average molecular weight is 385 g/mol. The predicted octanol–water partition coefficient (Wildman–Crippen LogP) is 1.38. The second-order valence-electron chi connectivity index (χ2n) is 6.55. The first-order valence-corrected chi connectivity index (χ1v) is 9.66. The van der Waals surface area contributed by atoms with Gasteiger partial charge in [0, 0.05) is 11.9 Å². The van der Waals surface area contributed by atoms with Crippen molar-refractivity contribution in [1.82, 2.24) is 19.7 Å². The van der Waals surface area contributed by atoms with Crippen molar-refractivity contribution in [2.75, 3.05) is 18.4 Å². The molecule has 3 aromatic rings. The molecule has 0 radical (unpaired) electrons. The van der Waals surface area contributed by atoms with E-state index in [4.69, 9.17) is 0 Å². The number of thiazole rings is 1. The van der Waals surface area contributed by atoms with Gasteiger partial charge in [-0.15, -0.1) is 11.3 Å². The third-order valence-electron chi connectivity index (χ3n) is 4.57. The van der Waals surface area contributed by atoms with Crippen LogP contribution in [-0.4, -0.2) is 38.7 Å². The van der Waals surface area contributed by atoms with Crippen molar-refractivity contribution in [2.45, 2.75) is 25.9 Å². The second kappa shape index (κ2) is 7.45. The minimum atomic E-state index is -0.412. The second-order valence-corrected chi connectivity index (χ2v) is 7.41. The largest absolute Gasteiger partial charge is 0.300 e. The number of anilines is 1. The normalized spacial score (nSPS) is 14.7. The number of amides is 1. The lowest BCUT2D eigenvalue weighted by Crippen LogP contribution is -2.34. The molecule has 0 unspecified atom stereocenters. The van der Waals surface area contributed by atoms with Crippen LogP contribution in [0.2, 0.25) is 0 Å². The van der Waals surface area contributed by atoms with E-state index in [0.29, 0.717) is 10.5 Å². The number of rotatable bonds is 5. The van der Waals surface area contributed by atoms with E-state index in [9.17, 15) is 14.4 Å². The van der Waals surface area contributed by atoms with Gasteiger partial charge < -0.3 is 5.32 Å². The number of benzene rings is 1. The summed E-state index contributed by atoms with van der Waals surface area (Å²) >= 11 is 1.35. The van der Waals surface area contributed by atoms with Crippen LogP contribution in [0.4, 0.5) is 5.13 Å². The number of hydrogen-bond donors (Lipinski definition) is 2. The SMILES string of the molecule is O=C(Cn1[nH]c(=O)c2ccccc2c1=O)Nc1nc(CN2CCCC2)cs1. The molecule has 9 heteroatoms. The van der Waals surface area contributed by atoms with Gasteiger partial charge in [0.1, 0.15) is 6.54 Å². The molecule has 1 aliphatic heterocycles. The number of nitrogens with one attached hydrogen (secondary N) is 2. The van der Waals surface area contributed by atoms with Crippen LogP contribution >= 0.6 is 11.3 Å². The smallest absolute Gasteiger partial charge is 0.273 e. The third-order valence-corrected chi connectivity index (χ3v) is 5.37. The number of hydrogen-bond acceptors (Lipinski definition) is 6. The highest BCUT2D eigenvalue weighted by Crippen LogP contribution is 2.18. The average Bonchev–Trinajstić information content (AvgIpc) is 3.32. The summed E-state index contributed by atoms with van der Waals surface area (Å²) in [7, 11) is 0. The Balaban J connectivity index is 1.46. The molecule has 1 saturated heterocycles. The summed E-state index contributed by atoms with van der Waals surface area (Å²) in [5.74, 6) is -0.412. The molecule has 2 aromatic heterocycles. The van der Waals surface area contributed by atoms with Crippen molar-refractivity contribution in [3.8, 4) is 0 Å². The Labute approximate surface area is 158 Å². The number of nitrogens with zero attached hydrogens (tertiary/aromatic N) is 3. The fourth-order valence-corrected chi connectivity index (χ4v) is 3.98. The van der Waals surface area contributed by atoms with Crippen molar-refractivity contribution in [1.29, 1.82) is 0 Å². The fraction of sp³-hybridized carbons (Fsp3) is 0.333. The maximum absolute atomic E-state index is 12.5. The van der Waals surface area contributed by atoms with Gasteiger partial charge in [0.25, 0.3) is 11.1 Å².